The van der Waals surface area contributed by atoms with Gasteiger partial charge in [0.2, 0.25) is 0 Å². The Morgan fingerprint density at radius 2 is 1.94 bits per heavy atom. The molecule has 4 N–H and O–H groups in total. The zero-order valence-electron chi connectivity index (χ0n) is 11.2. The predicted octanol–water partition coefficient (Wildman–Crippen LogP) is 0.925. The van der Waals surface area contributed by atoms with Gasteiger partial charge in [-0.1, -0.05) is 12.1 Å². The minimum atomic E-state index is -0.452. The lowest BCUT2D eigenvalue weighted by Crippen LogP contribution is -2.33. The highest BCUT2D eigenvalue weighted by Gasteiger charge is 2.00. The summed E-state index contributed by atoms with van der Waals surface area (Å²) in [5, 5.41) is 12.4. The van der Waals surface area contributed by atoms with Crippen LogP contribution >= 0.6 is 0 Å². The molecule has 0 bridgehead atoms. The zero-order valence-corrected chi connectivity index (χ0v) is 11.2. The Hall–Kier alpha value is -1.10. The Bertz CT molecular complexity index is 325. The van der Waals surface area contributed by atoms with Crippen molar-refractivity contribution in [2.24, 2.45) is 5.73 Å². The molecule has 102 valence electrons. The second-order valence-electron chi connectivity index (χ2n) is 4.65. The molecule has 0 saturated heterocycles. The van der Waals surface area contributed by atoms with Crippen LogP contribution in [0.3, 0.4) is 0 Å². The van der Waals surface area contributed by atoms with E-state index in [9.17, 15) is 5.11 Å². The molecule has 0 fully saturated rings. The molecule has 0 amide bonds. The number of rotatable bonds is 8. The number of nitrogens with two attached hydrogens (primary N) is 1. The normalized spacial score (nSPS) is 12.7. The number of ether oxygens (including phenoxy) is 1. The molecule has 0 radical (unpaired) electrons. The third kappa shape index (κ3) is 6.00. The smallest absolute Gasteiger partial charge is 0.119 e. The lowest BCUT2D eigenvalue weighted by atomic mass is 10.1. The molecule has 0 aromatic heterocycles. The number of aliphatic hydroxyl groups is 1. The van der Waals surface area contributed by atoms with Gasteiger partial charge < -0.3 is 20.9 Å². The fourth-order valence-corrected chi connectivity index (χ4v) is 1.59. The maximum Gasteiger partial charge on any atom is 0.119 e. The summed E-state index contributed by atoms with van der Waals surface area (Å²) in [7, 11) is 0. The first-order valence-corrected chi connectivity index (χ1v) is 6.46. The molecule has 1 rings (SSSR count). The summed E-state index contributed by atoms with van der Waals surface area (Å²) >= 11 is 0. The summed E-state index contributed by atoms with van der Waals surface area (Å²) < 4.78 is 5.58. The topological polar surface area (TPSA) is 67.5 Å². The molecule has 1 atom stereocenters. The van der Waals surface area contributed by atoms with Gasteiger partial charge in [0.25, 0.3) is 0 Å². The van der Waals surface area contributed by atoms with Gasteiger partial charge in [0.15, 0.2) is 0 Å². The van der Waals surface area contributed by atoms with Crippen LogP contribution in [0.5, 0.6) is 5.75 Å². The molecule has 0 aliphatic carbocycles. The molecule has 18 heavy (non-hydrogen) atoms. The Balaban J connectivity index is 2.26. The molecule has 4 nitrogen and oxygen atoms in total. The maximum atomic E-state index is 9.27. The van der Waals surface area contributed by atoms with Crippen molar-refractivity contribution in [2.45, 2.75) is 32.5 Å². The Morgan fingerprint density at radius 1 is 1.28 bits per heavy atom. The highest BCUT2D eigenvalue weighted by molar-refractivity contribution is 5.27. The average molecular weight is 252 g/mol. The van der Waals surface area contributed by atoms with E-state index in [4.69, 9.17) is 10.5 Å². The summed E-state index contributed by atoms with van der Waals surface area (Å²) in [6.45, 7) is 5.71. The van der Waals surface area contributed by atoms with E-state index < -0.39 is 6.10 Å². The van der Waals surface area contributed by atoms with E-state index in [0.29, 0.717) is 13.1 Å². The van der Waals surface area contributed by atoms with E-state index >= 15 is 0 Å². The second-order valence-corrected chi connectivity index (χ2v) is 4.65. The van der Waals surface area contributed by atoms with Gasteiger partial charge in [-0.05, 0) is 44.5 Å². The third-order valence-electron chi connectivity index (χ3n) is 2.54. The Kier molecular flexibility index (Phi) is 6.72. The first-order valence-electron chi connectivity index (χ1n) is 6.46. The lowest BCUT2D eigenvalue weighted by Gasteiger charge is -2.11. The van der Waals surface area contributed by atoms with Crippen molar-refractivity contribution >= 4 is 0 Å². The van der Waals surface area contributed by atoms with Crippen LogP contribution in [0.1, 0.15) is 19.4 Å². The first-order chi connectivity index (χ1) is 8.61. The van der Waals surface area contributed by atoms with E-state index in [1.807, 2.05) is 26.0 Å². The number of aliphatic hydroxyl groups excluding tert-OH is 1. The van der Waals surface area contributed by atoms with Gasteiger partial charge in [0.05, 0.1) is 12.2 Å². The number of nitrogens with one attached hydrogen (secondary N) is 1. The molecule has 0 saturated carbocycles. The number of hydrogen-bond donors (Lipinski definition) is 3. The molecule has 4 heteroatoms. The van der Waals surface area contributed by atoms with Gasteiger partial charge >= 0.3 is 0 Å². The molecule has 0 heterocycles. The van der Waals surface area contributed by atoms with Crippen molar-refractivity contribution in [1.29, 1.82) is 0 Å². The van der Waals surface area contributed by atoms with Crippen molar-refractivity contribution in [3.8, 4) is 5.75 Å². The van der Waals surface area contributed by atoms with Gasteiger partial charge in [-0.15, -0.1) is 0 Å². The van der Waals surface area contributed by atoms with E-state index in [1.54, 1.807) is 0 Å². The molecule has 1 aromatic carbocycles. The summed E-state index contributed by atoms with van der Waals surface area (Å²) in [4.78, 5) is 0. The Labute approximate surface area is 109 Å². The molecule has 0 spiro atoms. The van der Waals surface area contributed by atoms with Gasteiger partial charge in [-0.2, -0.15) is 0 Å². The quantitative estimate of drug-likeness (QED) is 0.602. The van der Waals surface area contributed by atoms with Crippen molar-refractivity contribution in [3.63, 3.8) is 0 Å². The van der Waals surface area contributed by atoms with Gasteiger partial charge in [-0.25, -0.2) is 0 Å². The molecule has 1 unspecified atom stereocenters. The van der Waals surface area contributed by atoms with Crippen molar-refractivity contribution in [2.75, 3.05) is 19.6 Å². The maximum absolute atomic E-state index is 9.27. The number of hydrogen-bond acceptors (Lipinski definition) is 4. The summed E-state index contributed by atoms with van der Waals surface area (Å²) in [5.41, 5.74) is 6.57. The number of benzene rings is 1. The minimum Gasteiger partial charge on any atom is -0.491 e. The van der Waals surface area contributed by atoms with Crippen molar-refractivity contribution < 1.29 is 9.84 Å². The first kappa shape index (κ1) is 15.0. The summed E-state index contributed by atoms with van der Waals surface area (Å²) in [6.07, 6.45) is 0.682. The highest BCUT2D eigenvalue weighted by atomic mass is 16.5. The SMILES string of the molecule is CC(C)Oc1ccc(CCNCC(O)CN)cc1. The van der Waals surface area contributed by atoms with Crippen molar-refractivity contribution in [1.82, 2.24) is 5.32 Å². The van der Waals surface area contributed by atoms with E-state index in [1.165, 1.54) is 5.56 Å². The Morgan fingerprint density at radius 3 is 2.50 bits per heavy atom. The van der Waals surface area contributed by atoms with Crippen LogP contribution < -0.4 is 15.8 Å². The van der Waals surface area contributed by atoms with Gasteiger partial charge in [0, 0.05) is 13.1 Å². The molecular formula is C14H24N2O2. The average Bonchev–Trinajstić information content (AvgIpc) is 2.35. The second kappa shape index (κ2) is 8.08. The minimum absolute atomic E-state index is 0.204. The molecular weight excluding hydrogens is 228 g/mol. The van der Waals surface area contributed by atoms with Gasteiger partial charge in [-0.3, -0.25) is 0 Å². The van der Waals surface area contributed by atoms with Crippen LogP contribution in [0.2, 0.25) is 0 Å². The molecule has 0 aliphatic heterocycles. The standard InChI is InChI=1S/C14H24N2O2/c1-11(2)18-14-5-3-12(4-6-14)7-8-16-10-13(17)9-15/h3-6,11,13,16-17H,7-10,15H2,1-2H3. The van der Waals surface area contributed by atoms with Gasteiger partial charge in [0.1, 0.15) is 5.75 Å². The summed E-state index contributed by atoms with van der Waals surface area (Å²) in [6, 6.07) is 8.12. The fourth-order valence-electron chi connectivity index (χ4n) is 1.59. The molecule has 0 aliphatic rings. The van der Waals surface area contributed by atoms with E-state index in [-0.39, 0.29) is 6.10 Å². The van der Waals surface area contributed by atoms with Crippen LogP contribution in [0, 0.1) is 0 Å². The van der Waals surface area contributed by atoms with E-state index in [0.717, 1.165) is 18.7 Å². The van der Waals surface area contributed by atoms with Crippen LogP contribution in [-0.2, 0) is 6.42 Å². The molecule has 1 aromatic rings. The van der Waals surface area contributed by atoms with Crippen LogP contribution in [0.15, 0.2) is 24.3 Å². The fraction of sp³-hybridized carbons (Fsp3) is 0.571. The van der Waals surface area contributed by atoms with Crippen LogP contribution in [0.25, 0.3) is 0 Å². The summed E-state index contributed by atoms with van der Waals surface area (Å²) in [5.74, 6) is 0.903. The van der Waals surface area contributed by atoms with Crippen LogP contribution in [-0.4, -0.2) is 36.9 Å². The third-order valence-corrected chi connectivity index (χ3v) is 2.54. The monoisotopic (exact) mass is 252 g/mol. The largest absolute Gasteiger partial charge is 0.491 e. The lowest BCUT2D eigenvalue weighted by molar-refractivity contribution is 0.180. The predicted molar refractivity (Wildman–Crippen MR) is 73.8 cm³/mol. The van der Waals surface area contributed by atoms with Crippen LogP contribution in [0.4, 0.5) is 0 Å². The van der Waals surface area contributed by atoms with E-state index in [2.05, 4.69) is 17.4 Å². The van der Waals surface area contributed by atoms with Crippen molar-refractivity contribution in [3.05, 3.63) is 29.8 Å². The highest BCUT2D eigenvalue weighted by Crippen LogP contribution is 2.13. The zero-order chi connectivity index (χ0) is 13.4.